The number of aromatic nitrogens is 2. The summed E-state index contributed by atoms with van der Waals surface area (Å²) in [6.07, 6.45) is 0.919. The molecule has 2 aromatic heterocycles. The third kappa shape index (κ3) is 3.16. The highest BCUT2D eigenvalue weighted by atomic mass is 32.2. The number of thioether (sulfide) groups is 1. The van der Waals surface area contributed by atoms with Crippen molar-refractivity contribution in [3.63, 3.8) is 0 Å². The molecule has 3 rings (SSSR count). The highest BCUT2D eigenvalue weighted by molar-refractivity contribution is 8.00. The van der Waals surface area contributed by atoms with Crippen molar-refractivity contribution in [1.29, 1.82) is 0 Å². The van der Waals surface area contributed by atoms with E-state index in [4.69, 9.17) is 4.42 Å². The summed E-state index contributed by atoms with van der Waals surface area (Å²) >= 11 is 3.15. The van der Waals surface area contributed by atoms with Gasteiger partial charge in [-0.05, 0) is 30.5 Å². The van der Waals surface area contributed by atoms with Gasteiger partial charge in [0.2, 0.25) is 0 Å². The predicted molar refractivity (Wildman–Crippen MR) is 86.1 cm³/mol. The molecule has 6 heteroatoms. The third-order valence-corrected chi connectivity index (χ3v) is 5.18. The van der Waals surface area contributed by atoms with E-state index in [-0.39, 0.29) is 5.63 Å². The summed E-state index contributed by atoms with van der Waals surface area (Å²) in [6.45, 7) is 4.01. The molecule has 0 N–H and O–H groups in total. The first kappa shape index (κ1) is 14.3. The number of aryl methyl sites for hydroxylation is 2. The van der Waals surface area contributed by atoms with E-state index < -0.39 is 0 Å². The summed E-state index contributed by atoms with van der Waals surface area (Å²) < 4.78 is 6.23. The molecule has 0 aliphatic rings. The van der Waals surface area contributed by atoms with Crippen LogP contribution in [-0.4, -0.2) is 10.2 Å². The zero-order valence-electron chi connectivity index (χ0n) is 11.8. The Morgan fingerprint density at radius 1 is 1.29 bits per heavy atom. The molecule has 0 bridgehead atoms. The Hall–Kier alpha value is -1.66. The molecule has 0 fully saturated rings. The SMILES string of the molecule is CCc1ccc2c(CSc3nnc(C)s3)cc(=O)oc2c1. The van der Waals surface area contributed by atoms with Crippen molar-refractivity contribution in [2.24, 2.45) is 0 Å². The van der Waals surface area contributed by atoms with E-state index in [1.165, 1.54) is 0 Å². The quantitative estimate of drug-likeness (QED) is 0.541. The first-order valence-corrected chi connectivity index (χ1v) is 8.44. The maximum Gasteiger partial charge on any atom is 0.336 e. The van der Waals surface area contributed by atoms with Gasteiger partial charge in [0.15, 0.2) is 4.34 Å². The van der Waals surface area contributed by atoms with Gasteiger partial charge in [-0.25, -0.2) is 4.79 Å². The van der Waals surface area contributed by atoms with Crippen LogP contribution in [0.25, 0.3) is 11.0 Å². The number of fused-ring (bicyclic) bond motifs is 1. The summed E-state index contributed by atoms with van der Waals surface area (Å²) in [5.41, 5.74) is 2.49. The minimum Gasteiger partial charge on any atom is -0.423 e. The van der Waals surface area contributed by atoms with Crippen LogP contribution >= 0.6 is 23.1 Å². The molecule has 0 radical (unpaired) electrons. The molecule has 0 saturated heterocycles. The monoisotopic (exact) mass is 318 g/mol. The van der Waals surface area contributed by atoms with Gasteiger partial charge in [-0.15, -0.1) is 10.2 Å². The highest BCUT2D eigenvalue weighted by Gasteiger charge is 2.08. The van der Waals surface area contributed by atoms with Crippen LogP contribution in [-0.2, 0) is 12.2 Å². The van der Waals surface area contributed by atoms with Gasteiger partial charge in [-0.1, -0.05) is 42.2 Å². The lowest BCUT2D eigenvalue weighted by molar-refractivity contribution is 0.559. The minimum absolute atomic E-state index is 0.306. The zero-order valence-corrected chi connectivity index (χ0v) is 13.4. The van der Waals surface area contributed by atoms with Gasteiger partial charge in [-0.3, -0.25) is 0 Å². The minimum atomic E-state index is -0.306. The lowest BCUT2D eigenvalue weighted by atomic mass is 10.1. The molecular weight excluding hydrogens is 304 g/mol. The topological polar surface area (TPSA) is 56.0 Å². The van der Waals surface area contributed by atoms with E-state index in [1.807, 2.05) is 19.1 Å². The summed E-state index contributed by atoms with van der Waals surface area (Å²) in [6, 6.07) is 7.61. The third-order valence-electron chi connectivity index (χ3n) is 3.16. The number of benzene rings is 1. The molecule has 0 amide bonds. The van der Waals surface area contributed by atoms with Crippen molar-refractivity contribution in [1.82, 2.24) is 10.2 Å². The van der Waals surface area contributed by atoms with Crippen LogP contribution in [0.2, 0.25) is 0 Å². The van der Waals surface area contributed by atoms with E-state index >= 15 is 0 Å². The van der Waals surface area contributed by atoms with E-state index in [9.17, 15) is 4.79 Å². The van der Waals surface area contributed by atoms with Crippen LogP contribution in [0.1, 0.15) is 23.1 Å². The molecule has 0 unspecified atom stereocenters. The van der Waals surface area contributed by atoms with Crippen LogP contribution in [0.4, 0.5) is 0 Å². The van der Waals surface area contributed by atoms with Gasteiger partial charge in [0.1, 0.15) is 10.6 Å². The van der Waals surface area contributed by atoms with Gasteiger partial charge < -0.3 is 4.42 Å². The van der Waals surface area contributed by atoms with Crippen molar-refractivity contribution in [3.05, 3.63) is 50.8 Å². The summed E-state index contributed by atoms with van der Waals surface area (Å²) in [7, 11) is 0. The summed E-state index contributed by atoms with van der Waals surface area (Å²) in [5.74, 6) is 0.683. The number of hydrogen-bond acceptors (Lipinski definition) is 6. The molecule has 3 aromatic rings. The van der Waals surface area contributed by atoms with Crippen LogP contribution in [0.3, 0.4) is 0 Å². The Balaban J connectivity index is 1.95. The molecular formula is C15H14N2O2S2. The molecule has 4 nitrogen and oxygen atoms in total. The molecule has 2 heterocycles. The Bertz CT molecular complexity index is 839. The van der Waals surface area contributed by atoms with Gasteiger partial charge >= 0.3 is 5.63 Å². The fraction of sp³-hybridized carbons (Fsp3) is 0.267. The van der Waals surface area contributed by atoms with Gasteiger partial charge in [0.25, 0.3) is 0 Å². The fourth-order valence-corrected chi connectivity index (χ4v) is 3.90. The summed E-state index contributed by atoms with van der Waals surface area (Å²) in [5, 5.41) is 10.0. The van der Waals surface area contributed by atoms with Crippen molar-refractivity contribution in [2.45, 2.75) is 30.4 Å². The van der Waals surface area contributed by atoms with Crippen molar-refractivity contribution >= 4 is 34.1 Å². The van der Waals surface area contributed by atoms with Crippen LogP contribution < -0.4 is 5.63 Å². The average Bonchev–Trinajstić information content (AvgIpc) is 2.89. The molecule has 1 aromatic carbocycles. The lowest BCUT2D eigenvalue weighted by Gasteiger charge is -2.05. The molecule has 21 heavy (non-hydrogen) atoms. The van der Waals surface area contributed by atoms with E-state index in [0.717, 1.165) is 32.3 Å². The summed E-state index contributed by atoms with van der Waals surface area (Å²) in [4.78, 5) is 11.7. The smallest absolute Gasteiger partial charge is 0.336 e. The van der Waals surface area contributed by atoms with Crippen molar-refractivity contribution in [3.8, 4) is 0 Å². The number of rotatable bonds is 4. The fourth-order valence-electron chi connectivity index (χ4n) is 2.09. The first-order chi connectivity index (χ1) is 10.2. The Kier molecular flexibility index (Phi) is 4.07. The van der Waals surface area contributed by atoms with Crippen LogP contribution in [0, 0.1) is 6.92 Å². The Labute approximate surface area is 130 Å². The molecule has 0 spiro atoms. The maximum absolute atomic E-state index is 11.7. The van der Waals surface area contributed by atoms with E-state index in [2.05, 4.69) is 23.2 Å². The molecule has 108 valence electrons. The molecule has 0 aliphatic carbocycles. The second kappa shape index (κ2) is 5.99. The second-order valence-corrected chi connectivity index (χ2v) is 7.05. The van der Waals surface area contributed by atoms with E-state index in [0.29, 0.717) is 11.3 Å². The highest BCUT2D eigenvalue weighted by Crippen LogP contribution is 2.28. The Morgan fingerprint density at radius 2 is 2.14 bits per heavy atom. The molecule has 0 aliphatic heterocycles. The maximum atomic E-state index is 11.7. The second-order valence-electron chi connectivity index (χ2n) is 4.65. The molecule has 0 saturated carbocycles. The van der Waals surface area contributed by atoms with Crippen LogP contribution in [0.5, 0.6) is 0 Å². The predicted octanol–water partition coefficient (Wildman–Crippen LogP) is 3.81. The number of hydrogen-bond donors (Lipinski definition) is 0. The zero-order chi connectivity index (χ0) is 14.8. The normalized spacial score (nSPS) is 11.1. The first-order valence-electron chi connectivity index (χ1n) is 6.64. The van der Waals surface area contributed by atoms with Gasteiger partial charge in [0.05, 0.1) is 0 Å². The van der Waals surface area contributed by atoms with E-state index in [1.54, 1.807) is 29.2 Å². The van der Waals surface area contributed by atoms with Gasteiger partial charge in [-0.2, -0.15) is 0 Å². The van der Waals surface area contributed by atoms with Crippen molar-refractivity contribution < 1.29 is 4.42 Å². The van der Waals surface area contributed by atoms with Crippen molar-refractivity contribution in [2.75, 3.05) is 0 Å². The molecule has 0 atom stereocenters. The average molecular weight is 318 g/mol. The van der Waals surface area contributed by atoms with Gasteiger partial charge in [0, 0.05) is 17.2 Å². The van der Waals surface area contributed by atoms with Crippen LogP contribution in [0.15, 0.2) is 37.8 Å². The largest absolute Gasteiger partial charge is 0.423 e. The standard InChI is InChI=1S/C15H14N2O2S2/c1-3-10-4-5-12-11(7-14(18)19-13(12)6-10)8-20-15-17-16-9(2)21-15/h4-7H,3,8H2,1-2H3. The Morgan fingerprint density at radius 3 is 2.86 bits per heavy atom. The lowest BCUT2D eigenvalue weighted by Crippen LogP contribution is -2.00. The number of nitrogens with zero attached hydrogens (tertiary/aromatic N) is 2.